The van der Waals surface area contributed by atoms with Crippen molar-refractivity contribution in [1.29, 1.82) is 0 Å². The van der Waals surface area contributed by atoms with E-state index in [1.165, 1.54) is 31.9 Å². The molecule has 2 aliphatic rings. The van der Waals surface area contributed by atoms with Crippen molar-refractivity contribution < 1.29 is 8.42 Å². The summed E-state index contributed by atoms with van der Waals surface area (Å²) in [7, 11) is -2.93. The second kappa shape index (κ2) is 2.95. The molecule has 2 fully saturated rings. The van der Waals surface area contributed by atoms with E-state index in [0.29, 0.717) is 5.41 Å². The van der Waals surface area contributed by atoms with Gasteiger partial charge >= 0.3 is 0 Å². The molecule has 76 valence electrons. The van der Waals surface area contributed by atoms with Gasteiger partial charge in [-0.15, -0.1) is 0 Å². The van der Waals surface area contributed by atoms with E-state index in [1.807, 2.05) is 0 Å². The average Bonchev–Trinajstić information content (AvgIpc) is 2.60. The normalized spacial score (nSPS) is 28.7. The Balaban J connectivity index is 2.09. The van der Waals surface area contributed by atoms with E-state index in [4.69, 9.17) is 0 Å². The van der Waals surface area contributed by atoms with Crippen LogP contribution in [0.3, 0.4) is 0 Å². The van der Waals surface area contributed by atoms with E-state index in [0.717, 1.165) is 19.5 Å². The first-order chi connectivity index (χ1) is 6.02. The Kier molecular flexibility index (Phi) is 2.15. The molecule has 2 rings (SSSR count). The van der Waals surface area contributed by atoms with Crippen LogP contribution in [0.4, 0.5) is 0 Å². The summed E-state index contributed by atoms with van der Waals surface area (Å²) in [6, 6.07) is 0. The lowest BCUT2D eigenvalue weighted by Crippen LogP contribution is -2.30. The maximum absolute atomic E-state index is 11.3. The minimum Gasteiger partial charge on any atom is -0.213 e. The van der Waals surface area contributed by atoms with Crippen molar-refractivity contribution in [1.82, 2.24) is 4.31 Å². The van der Waals surface area contributed by atoms with Crippen LogP contribution in [0.15, 0.2) is 0 Å². The molecule has 0 amide bonds. The highest BCUT2D eigenvalue weighted by Crippen LogP contribution is 2.45. The van der Waals surface area contributed by atoms with Gasteiger partial charge in [0.2, 0.25) is 10.0 Å². The SMILES string of the molecule is CS(=O)(=O)N1CCC2(CCCC2)C1. The Bertz CT molecular complexity index is 291. The summed E-state index contributed by atoms with van der Waals surface area (Å²) in [5.74, 6) is 0. The first-order valence-electron chi connectivity index (χ1n) is 4.97. The molecule has 13 heavy (non-hydrogen) atoms. The number of hydrogen-bond donors (Lipinski definition) is 0. The molecule has 0 radical (unpaired) electrons. The first-order valence-corrected chi connectivity index (χ1v) is 6.82. The van der Waals surface area contributed by atoms with Gasteiger partial charge in [0.25, 0.3) is 0 Å². The maximum Gasteiger partial charge on any atom is 0.211 e. The third-order valence-corrected chi connectivity index (χ3v) is 4.79. The van der Waals surface area contributed by atoms with Crippen LogP contribution in [-0.4, -0.2) is 32.1 Å². The van der Waals surface area contributed by atoms with Crippen LogP contribution in [0.5, 0.6) is 0 Å². The lowest BCUT2D eigenvalue weighted by Gasteiger charge is -2.22. The molecule has 0 unspecified atom stereocenters. The van der Waals surface area contributed by atoms with Crippen molar-refractivity contribution in [2.24, 2.45) is 5.41 Å². The van der Waals surface area contributed by atoms with E-state index >= 15 is 0 Å². The predicted molar refractivity (Wildman–Crippen MR) is 51.9 cm³/mol. The fourth-order valence-corrected chi connectivity index (χ4v) is 3.64. The number of nitrogens with zero attached hydrogens (tertiary/aromatic N) is 1. The van der Waals surface area contributed by atoms with Gasteiger partial charge in [0, 0.05) is 13.1 Å². The van der Waals surface area contributed by atoms with Crippen molar-refractivity contribution >= 4 is 10.0 Å². The lowest BCUT2D eigenvalue weighted by atomic mass is 9.86. The van der Waals surface area contributed by atoms with Crippen LogP contribution in [0.2, 0.25) is 0 Å². The van der Waals surface area contributed by atoms with E-state index in [1.54, 1.807) is 4.31 Å². The monoisotopic (exact) mass is 203 g/mol. The summed E-state index contributed by atoms with van der Waals surface area (Å²) < 4.78 is 24.3. The van der Waals surface area contributed by atoms with Gasteiger partial charge in [-0.2, -0.15) is 0 Å². The summed E-state index contributed by atoms with van der Waals surface area (Å²) in [4.78, 5) is 0. The van der Waals surface area contributed by atoms with Gasteiger partial charge < -0.3 is 0 Å². The molecule has 3 nitrogen and oxygen atoms in total. The molecular formula is C9H17NO2S. The molecule has 0 aromatic rings. The van der Waals surface area contributed by atoms with Gasteiger partial charge in [0.1, 0.15) is 0 Å². The van der Waals surface area contributed by atoms with Gasteiger partial charge in [0.15, 0.2) is 0 Å². The molecule has 1 aliphatic heterocycles. The van der Waals surface area contributed by atoms with E-state index < -0.39 is 10.0 Å². The Morgan fingerprint density at radius 2 is 1.77 bits per heavy atom. The standard InChI is InChI=1S/C9H17NO2S/c1-13(11,12)10-7-6-9(8-10)4-2-3-5-9/h2-8H2,1H3. The molecule has 0 aromatic carbocycles. The van der Waals surface area contributed by atoms with Crippen LogP contribution < -0.4 is 0 Å². The quantitative estimate of drug-likeness (QED) is 0.642. The summed E-state index contributed by atoms with van der Waals surface area (Å²) in [6.07, 6.45) is 7.45. The third-order valence-electron chi connectivity index (χ3n) is 3.54. The van der Waals surface area contributed by atoms with Gasteiger partial charge in [0.05, 0.1) is 6.26 Å². The molecule has 1 aliphatic carbocycles. The van der Waals surface area contributed by atoms with E-state index in [9.17, 15) is 8.42 Å². The van der Waals surface area contributed by atoms with E-state index in [-0.39, 0.29) is 0 Å². The molecule has 0 N–H and O–H groups in total. The van der Waals surface area contributed by atoms with Crippen LogP contribution in [0.25, 0.3) is 0 Å². The number of hydrogen-bond acceptors (Lipinski definition) is 2. The summed E-state index contributed by atoms with van der Waals surface area (Å²) in [5, 5.41) is 0. The Morgan fingerprint density at radius 3 is 2.23 bits per heavy atom. The fourth-order valence-electron chi connectivity index (χ4n) is 2.71. The molecule has 1 spiro atoms. The zero-order valence-electron chi connectivity index (χ0n) is 8.12. The van der Waals surface area contributed by atoms with Gasteiger partial charge in [-0.1, -0.05) is 12.8 Å². The average molecular weight is 203 g/mol. The molecule has 0 bridgehead atoms. The van der Waals surface area contributed by atoms with Crippen molar-refractivity contribution in [2.45, 2.75) is 32.1 Å². The van der Waals surface area contributed by atoms with Crippen molar-refractivity contribution in [3.8, 4) is 0 Å². The minimum atomic E-state index is -2.93. The highest BCUT2D eigenvalue weighted by Gasteiger charge is 2.42. The molecule has 1 saturated carbocycles. The maximum atomic E-state index is 11.3. The smallest absolute Gasteiger partial charge is 0.211 e. The van der Waals surface area contributed by atoms with Gasteiger partial charge in [-0.25, -0.2) is 12.7 Å². The zero-order chi connectivity index (χ0) is 9.53. The summed E-state index contributed by atoms with van der Waals surface area (Å²) in [5.41, 5.74) is 0.364. The van der Waals surface area contributed by atoms with Crippen LogP contribution in [0, 0.1) is 5.41 Å². The molecule has 1 heterocycles. The molecule has 4 heteroatoms. The van der Waals surface area contributed by atoms with Crippen LogP contribution >= 0.6 is 0 Å². The van der Waals surface area contributed by atoms with Crippen LogP contribution in [0.1, 0.15) is 32.1 Å². The van der Waals surface area contributed by atoms with E-state index in [2.05, 4.69) is 0 Å². The first kappa shape index (κ1) is 9.46. The summed E-state index contributed by atoms with van der Waals surface area (Å²) >= 11 is 0. The molecule has 0 atom stereocenters. The number of rotatable bonds is 1. The largest absolute Gasteiger partial charge is 0.213 e. The Hall–Kier alpha value is -0.0900. The van der Waals surface area contributed by atoms with Gasteiger partial charge in [-0.3, -0.25) is 0 Å². The zero-order valence-corrected chi connectivity index (χ0v) is 8.94. The van der Waals surface area contributed by atoms with Crippen molar-refractivity contribution in [2.75, 3.05) is 19.3 Å². The Morgan fingerprint density at radius 1 is 1.15 bits per heavy atom. The third kappa shape index (κ3) is 1.74. The Labute approximate surface area is 80.2 Å². The van der Waals surface area contributed by atoms with Gasteiger partial charge in [-0.05, 0) is 24.7 Å². The topological polar surface area (TPSA) is 37.4 Å². The molecule has 1 saturated heterocycles. The second-order valence-electron chi connectivity index (χ2n) is 4.55. The minimum absolute atomic E-state index is 0.364. The highest BCUT2D eigenvalue weighted by molar-refractivity contribution is 7.88. The number of sulfonamides is 1. The lowest BCUT2D eigenvalue weighted by molar-refractivity contribution is 0.314. The van der Waals surface area contributed by atoms with Crippen molar-refractivity contribution in [3.63, 3.8) is 0 Å². The second-order valence-corrected chi connectivity index (χ2v) is 6.54. The fraction of sp³-hybridized carbons (Fsp3) is 1.00. The highest BCUT2D eigenvalue weighted by atomic mass is 32.2. The predicted octanol–water partition coefficient (Wildman–Crippen LogP) is 1.21. The molecule has 0 aromatic heterocycles. The summed E-state index contributed by atoms with van der Waals surface area (Å²) in [6.45, 7) is 1.53. The van der Waals surface area contributed by atoms with Crippen molar-refractivity contribution in [3.05, 3.63) is 0 Å². The van der Waals surface area contributed by atoms with Crippen LogP contribution in [-0.2, 0) is 10.0 Å². The molecular weight excluding hydrogens is 186 g/mol.